The molecule has 1 aromatic rings. The first kappa shape index (κ1) is 15.5. The van der Waals surface area contributed by atoms with Gasteiger partial charge in [0.1, 0.15) is 11.4 Å². The largest absolute Gasteiger partial charge is 0.505 e. The van der Waals surface area contributed by atoms with Crippen LogP contribution in [0.3, 0.4) is 0 Å². The van der Waals surface area contributed by atoms with Crippen LogP contribution < -0.4 is 0 Å². The Bertz CT molecular complexity index is 550. The van der Waals surface area contributed by atoms with Crippen LogP contribution in [0.4, 0.5) is 22.0 Å². The summed E-state index contributed by atoms with van der Waals surface area (Å²) in [4.78, 5) is 13.0. The minimum atomic E-state index is -4.34. The molecule has 0 atom stereocenters. The van der Waals surface area contributed by atoms with Crippen LogP contribution in [0.2, 0.25) is 0 Å². The molecule has 1 amide bonds. The number of halogens is 5. The van der Waals surface area contributed by atoms with Crippen LogP contribution in [-0.4, -0.2) is 35.2 Å². The molecule has 0 aliphatic carbocycles. The molecule has 0 spiro atoms. The average Bonchev–Trinajstić information content (AvgIpc) is 2.42. The Hall–Kier alpha value is -1.86. The fraction of sp³-hybridized carbons (Fsp3) is 0.462. The van der Waals surface area contributed by atoms with Crippen molar-refractivity contribution in [2.45, 2.75) is 19.0 Å². The Morgan fingerprint density at radius 3 is 2.29 bits per heavy atom. The maximum atomic E-state index is 13.6. The molecular formula is C13H12F5NO2. The van der Waals surface area contributed by atoms with Gasteiger partial charge >= 0.3 is 6.18 Å². The zero-order valence-corrected chi connectivity index (χ0v) is 10.8. The molecule has 1 heterocycles. The Morgan fingerprint density at radius 1 is 1.19 bits per heavy atom. The number of likely N-dealkylation sites (tertiary alicyclic amines) is 1. The van der Waals surface area contributed by atoms with Gasteiger partial charge in [-0.25, -0.2) is 8.78 Å². The number of amides is 1. The molecule has 1 fully saturated rings. The summed E-state index contributed by atoms with van der Waals surface area (Å²) < 4.78 is 64.7. The number of benzene rings is 1. The second-order valence-electron chi connectivity index (χ2n) is 4.86. The number of hydrogen-bond acceptors (Lipinski definition) is 2. The highest BCUT2D eigenvalue weighted by Crippen LogP contribution is 2.34. The summed E-state index contributed by atoms with van der Waals surface area (Å²) in [7, 11) is 0. The monoisotopic (exact) mass is 309 g/mol. The Morgan fingerprint density at radius 2 is 1.76 bits per heavy atom. The predicted octanol–water partition coefficient (Wildman–Crippen LogP) is 3.08. The Balaban J connectivity index is 2.15. The summed E-state index contributed by atoms with van der Waals surface area (Å²) in [6.07, 6.45) is -4.95. The van der Waals surface area contributed by atoms with Crippen molar-refractivity contribution in [3.8, 4) is 5.75 Å². The summed E-state index contributed by atoms with van der Waals surface area (Å²) in [5.41, 5.74) is -0.944. The first-order chi connectivity index (χ1) is 9.71. The second-order valence-corrected chi connectivity index (χ2v) is 4.86. The molecule has 0 bridgehead atoms. The molecule has 0 unspecified atom stereocenters. The number of carbonyl (C=O) groups is 1. The summed E-state index contributed by atoms with van der Waals surface area (Å²) >= 11 is 0. The standard InChI is InChI=1S/C13H12F5NO2/c14-8-1-2-9(20)11(15)10(8)12(21)19-5-3-7(4-6-19)13(16,17)18/h1-2,7,20H,3-6H2. The maximum Gasteiger partial charge on any atom is 0.391 e. The third kappa shape index (κ3) is 3.08. The van der Waals surface area contributed by atoms with Crippen molar-refractivity contribution >= 4 is 5.91 Å². The fourth-order valence-corrected chi connectivity index (χ4v) is 2.31. The van der Waals surface area contributed by atoms with Crippen molar-refractivity contribution < 1.29 is 31.9 Å². The number of phenolic OH excluding ortho intramolecular Hbond substituents is 1. The summed E-state index contributed by atoms with van der Waals surface area (Å²) in [6, 6.07) is 1.49. The Kier molecular flexibility index (Phi) is 4.06. The van der Waals surface area contributed by atoms with E-state index < -0.39 is 40.9 Å². The van der Waals surface area contributed by atoms with E-state index in [1.807, 2.05) is 0 Å². The van der Waals surface area contributed by atoms with Crippen LogP contribution in [0.15, 0.2) is 12.1 Å². The number of aromatic hydroxyl groups is 1. The summed E-state index contributed by atoms with van der Waals surface area (Å²) in [5, 5.41) is 9.16. The highest BCUT2D eigenvalue weighted by molar-refractivity contribution is 5.95. The van der Waals surface area contributed by atoms with E-state index in [0.717, 1.165) is 17.0 Å². The van der Waals surface area contributed by atoms with E-state index >= 15 is 0 Å². The second kappa shape index (κ2) is 5.50. The zero-order valence-electron chi connectivity index (χ0n) is 10.8. The molecule has 0 radical (unpaired) electrons. The molecule has 0 saturated carbocycles. The van der Waals surface area contributed by atoms with Gasteiger partial charge in [0.15, 0.2) is 11.6 Å². The smallest absolute Gasteiger partial charge is 0.391 e. The van der Waals surface area contributed by atoms with Gasteiger partial charge in [-0.3, -0.25) is 4.79 Å². The van der Waals surface area contributed by atoms with Crippen molar-refractivity contribution in [3.05, 3.63) is 29.3 Å². The van der Waals surface area contributed by atoms with Gasteiger partial charge < -0.3 is 10.0 Å². The van der Waals surface area contributed by atoms with Gasteiger partial charge in [0.25, 0.3) is 5.91 Å². The van der Waals surface area contributed by atoms with Crippen LogP contribution >= 0.6 is 0 Å². The molecule has 1 aliphatic heterocycles. The van der Waals surface area contributed by atoms with E-state index in [9.17, 15) is 26.7 Å². The third-order valence-electron chi connectivity index (χ3n) is 3.53. The zero-order chi connectivity index (χ0) is 15.8. The third-order valence-corrected chi connectivity index (χ3v) is 3.53. The fourth-order valence-electron chi connectivity index (χ4n) is 2.31. The molecular weight excluding hydrogens is 297 g/mol. The molecule has 0 aromatic heterocycles. The molecule has 1 aromatic carbocycles. The first-order valence-corrected chi connectivity index (χ1v) is 6.24. The van der Waals surface area contributed by atoms with Crippen molar-refractivity contribution in [1.82, 2.24) is 4.90 Å². The number of rotatable bonds is 1. The number of alkyl halides is 3. The highest BCUT2D eigenvalue weighted by Gasteiger charge is 2.42. The van der Waals surface area contributed by atoms with Crippen molar-refractivity contribution in [3.63, 3.8) is 0 Å². The lowest BCUT2D eigenvalue weighted by molar-refractivity contribution is -0.183. The Labute approximate surface area is 117 Å². The van der Waals surface area contributed by atoms with Gasteiger partial charge in [-0.1, -0.05) is 0 Å². The lowest BCUT2D eigenvalue weighted by Gasteiger charge is -2.33. The van der Waals surface area contributed by atoms with E-state index in [2.05, 4.69) is 0 Å². The molecule has 116 valence electrons. The molecule has 2 rings (SSSR count). The van der Waals surface area contributed by atoms with E-state index in [1.54, 1.807) is 0 Å². The van der Waals surface area contributed by atoms with Crippen molar-refractivity contribution in [2.75, 3.05) is 13.1 Å². The lowest BCUT2D eigenvalue weighted by Crippen LogP contribution is -2.42. The van der Waals surface area contributed by atoms with Crippen LogP contribution in [0.1, 0.15) is 23.2 Å². The van der Waals surface area contributed by atoms with Gasteiger partial charge in [0.05, 0.1) is 5.92 Å². The van der Waals surface area contributed by atoms with Crippen LogP contribution in [0.5, 0.6) is 5.75 Å². The number of hydrogen-bond donors (Lipinski definition) is 1. The molecule has 1 saturated heterocycles. The minimum absolute atomic E-state index is 0.239. The van der Waals surface area contributed by atoms with E-state index in [0.29, 0.717) is 0 Å². The predicted molar refractivity (Wildman–Crippen MR) is 62.7 cm³/mol. The van der Waals surface area contributed by atoms with Crippen molar-refractivity contribution in [1.29, 1.82) is 0 Å². The molecule has 1 aliphatic rings. The molecule has 8 heteroatoms. The molecule has 3 nitrogen and oxygen atoms in total. The van der Waals surface area contributed by atoms with Crippen LogP contribution in [-0.2, 0) is 0 Å². The van der Waals surface area contributed by atoms with Crippen LogP contribution in [0, 0.1) is 17.6 Å². The quantitative estimate of drug-likeness (QED) is 0.810. The minimum Gasteiger partial charge on any atom is -0.505 e. The van der Waals surface area contributed by atoms with Gasteiger partial charge in [-0.2, -0.15) is 13.2 Å². The first-order valence-electron chi connectivity index (χ1n) is 6.24. The normalized spacial score (nSPS) is 17.1. The van der Waals surface area contributed by atoms with Gasteiger partial charge in [-0.05, 0) is 25.0 Å². The van der Waals surface area contributed by atoms with Gasteiger partial charge in [-0.15, -0.1) is 0 Å². The lowest BCUT2D eigenvalue weighted by atomic mass is 9.95. The van der Waals surface area contributed by atoms with E-state index in [4.69, 9.17) is 5.11 Å². The number of piperidine rings is 1. The number of carbonyl (C=O) groups excluding carboxylic acids is 1. The van der Waals surface area contributed by atoms with Crippen LogP contribution in [0.25, 0.3) is 0 Å². The molecule has 1 N–H and O–H groups in total. The SMILES string of the molecule is O=C(c1c(F)ccc(O)c1F)N1CCC(C(F)(F)F)CC1. The molecule has 21 heavy (non-hydrogen) atoms. The average molecular weight is 309 g/mol. The topological polar surface area (TPSA) is 40.5 Å². The van der Waals surface area contributed by atoms with Crippen molar-refractivity contribution in [2.24, 2.45) is 5.92 Å². The van der Waals surface area contributed by atoms with Gasteiger partial charge in [0.2, 0.25) is 0 Å². The van der Waals surface area contributed by atoms with E-state index in [-0.39, 0.29) is 25.9 Å². The summed E-state index contributed by atoms with van der Waals surface area (Å²) in [5.74, 6) is -6.02. The van der Waals surface area contributed by atoms with Gasteiger partial charge in [0, 0.05) is 13.1 Å². The maximum absolute atomic E-state index is 13.6. The summed E-state index contributed by atoms with van der Waals surface area (Å²) in [6.45, 7) is -0.477. The number of nitrogens with zero attached hydrogens (tertiary/aromatic N) is 1. The highest BCUT2D eigenvalue weighted by atomic mass is 19.4. The number of phenols is 1. The van der Waals surface area contributed by atoms with E-state index in [1.165, 1.54) is 0 Å².